The van der Waals surface area contributed by atoms with Crippen molar-refractivity contribution in [1.82, 2.24) is 9.47 Å². The third kappa shape index (κ3) is 4.48. The molecule has 4 rings (SSSR count). The molecule has 0 aliphatic carbocycles. The van der Waals surface area contributed by atoms with E-state index in [4.69, 9.17) is 17.0 Å². The molecule has 0 bridgehead atoms. The average molecular weight is 495 g/mol. The second-order valence-corrected chi connectivity index (χ2v) is 10.0. The summed E-state index contributed by atoms with van der Waals surface area (Å²) in [6, 6.07) is 9.80. The molecule has 0 radical (unpaired) electrons. The molecule has 0 saturated carbocycles. The summed E-state index contributed by atoms with van der Waals surface area (Å²) >= 11 is 6.78. The van der Waals surface area contributed by atoms with Crippen molar-refractivity contribution in [3.05, 3.63) is 61.8 Å². The summed E-state index contributed by atoms with van der Waals surface area (Å²) in [5, 5.41) is 9.61. The highest BCUT2D eigenvalue weighted by Crippen LogP contribution is 2.36. The summed E-state index contributed by atoms with van der Waals surface area (Å²) < 4.78 is 7.24. The van der Waals surface area contributed by atoms with Gasteiger partial charge < -0.3 is 9.64 Å². The molecular weight excluding hydrogens is 468 g/mol. The lowest BCUT2D eigenvalue weighted by molar-refractivity contribution is -0.122. The molecule has 1 aromatic heterocycles. The van der Waals surface area contributed by atoms with Crippen LogP contribution in [0.5, 0.6) is 5.75 Å². The normalized spacial score (nSPS) is 17.1. The lowest BCUT2D eigenvalue weighted by atomic mass is 10.0. The van der Waals surface area contributed by atoms with E-state index in [2.05, 4.69) is 4.90 Å². The van der Waals surface area contributed by atoms with Crippen LogP contribution in [0.4, 0.5) is 5.82 Å². The predicted molar refractivity (Wildman–Crippen MR) is 139 cm³/mol. The molecule has 2 saturated heterocycles. The van der Waals surface area contributed by atoms with Crippen molar-refractivity contribution in [2.45, 2.75) is 26.2 Å². The first-order valence-corrected chi connectivity index (χ1v) is 12.3. The van der Waals surface area contributed by atoms with Gasteiger partial charge in [-0.25, -0.2) is 0 Å². The van der Waals surface area contributed by atoms with Crippen LogP contribution in [-0.4, -0.2) is 46.4 Å². The fraction of sp³-hybridized carbons (Fsp3) is 0.360. The fourth-order valence-corrected chi connectivity index (χ4v) is 5.67. The second kappa shape index (κ2) is 10.0. The minimum Gasteiger partial charge on any atom is -0.497 e. The standard InChI is InChI=1S/C25H26N4O3S2/c1-16-19(22(28-11-4-5-12-28)27(2)23(30)20(16)15-26)14-21-24(31)29(25(33)34-21)13-10-17-6-8-18(32-3)9-7-17/h6-9,14H,4-5,10-13H2,1-3H3. The molecule has 2 aliphatic rings. The van der Waals surface area contributed by atoms with Crippen molar-refractivity contribution in [2.75, 3.05) is 31.6 Å². The zero-order chi connectivity index (χ0) is 24.4. The lowest BCUT2D eigenvalue weighted by Gasteiger charge is -2.25. The zero-order valence-electron chi connectivity index (χ0n) is 19.5. The number of amides is 1. The number of ether oxygens (including phenoxy) is 1. The molecule has 0 N–H and O–H groups in total. The van der Waals surface area contributed by atoms with E-state index < -0.39 is 0 Å². The molecule has 34 heavy (non-hydrogen) atoms. The fourth-order valence-electron chi connectivity index (χ4n) is 4.38. The minimum atomic E-state index is -0.314. The van der Waals surface area contributed by atoms with Crippen LogP contribution in [0, 0.1) is 18.3 Å². The van der Waals surface area contributed by atoms with Crippen LogP contribution in [0.1, 0.15) is 35.1 Å². The van der Waals surface area contributed by atoms with E-state index in [1.807, 2.05) is 30.3 Å². The Morgan fingerprint density at radius 2 is 1.88 bits per heavy atom. The smallest absolute Gasteiger partial charge is 0.270 e. The van der Waals surface area contributed by atoms with Crippen LogP contribution < -0.4 is 15.2 Å². The molecule has 9 heteroatoms. The lowest BCUT2D eigenvalue weighted by Crippen LogP contribution is -2.31. The Labute approximate surface area is 208 Å². The number of benzene rings is 1. The molecular formula is C25H26N4O3S2. The summed E-state index contributed by atoms with van der Waals surface area (Å²) in [4.78, 5) is 30.4. The van der Waals surface area contributed by atoms with E-state index in [1.54, 1.807) is 32.1 Å². The van der Waals surface area contributed by atoms with Crippen LogP contribution in [0.2, 0.25) is 0 Å². The van der Waals surface area contributed by atoms with Gasteiger partial charge in [0.1, 0.15) is 27.5 Å². The number of rotatable bonds is 6. The number of nitriles is 1. The highest BCUT2D eigenvalue weighted by atomic mass is 32.2. The Balaban J connectivity index is 1.65. The van der Waals surface area contributed by atoms with Gasteiger partial charge in [0.15, 0.2) is 0 Å². The number of methoxy groups -OCH3 is 1. The summed E-state index contributed by atoms with van der Waals surface area (Å²) in [6.07, 6.45) is 4.55. The molecule has 1 aromatic carbocycles. The quantitative estimate of drug-likeness (QED) is 0.448. The van der Waals surface area contributed by atoms with Crippen molar-refractivity contribution >= 4 is 46.1 Å². The van der Waals surface area contributed by atoms with Crippen LogP contribution in [0.15, 0.2) is 34.0 Å². The van der Waals surface area contributed by atoms with Crippen molar-refractivity contribution in [2.24, 2.45) is 7.05 Å². The summed E-state index contributed by atoms with van der Waals surface area (Å²) in [6.45, 7) is 3.92. The molecule has 176 valence electrons. The van der Waals surface area contributed by atoms with Crippen molar-refractivity contribution in [3.63, 3.8) is 0 Å². The molecule has 2 fully saturated rings. The Morgan fingerprint density at radius 1 is 1.21 bits per heavy atom. The van der Waals surface area contributed by atoms with Gasteiger partial charge in [0.25, 0.3) is 11.5 Å². The number of nitrogens with zero attached hydrogens (tertiary/aromatic N) is 4. The van der Waals surface area contributed by atoms with Gasteiger partial charge in [-0.15, -0.1) is 0 Å². The maximum atomic E-state index is 13.3. The maximum Gasteiger partial charge on any atom is 0.270 e. The number of anilines is 1. The SMILES string of the molecule is COc1ccc(CCN2C(=O)C(=Cc3c(C)c(C#N)c(=O)n(C)c3N3CCCC3)SC2=S)cc1. The second-order valence-electron chi connectivity index (χ2n) is 8.34. The first-order valence-electron chi connectivity index (χ1n) is 11.1. The van der Waals surface area contributed by atoms with Gasteiger partial charge in [-0.3, -0.25) is 19.1 Å². The van der Waals surface area contributed by atoms with Gasteiger partial charge in [-0.2, -0.15) is 5.26 Å². The monoisotopic (exact) mass is 494 g/mol. The Hall–Kier alpha value is -3.09. The molecule has 3 heterocycles. The maximum absolute atomic E-state index is 13.3. The summed E-state index contributed by atoms with van der Waals surface area (Å²) in [7, 11) is 3.32. The van der Waals surface area contributed by atoms with Crippen LogP contribution >= 0.6 is 24.0 Å². The van der Waals surface area contributed by atoms with Crippen molar-refractivity contribution in [1.29, 1.82) is 5.26 Å². The van der Waals surface area contributed by atoms with Crippen LogP contribution in [0.3, 0.4) is 0 Å². The predicted octanol–water partition coefficient (Wildman–Crippen LogP) is 3.62. The zero-order valence-corrected chi connectivity index (χ0v) is 21.1. The number of thioether (sulfide) groups is 1. The van der Waals surface area contributed by atoms with E-state index in [1.165, 1.54) is 16.3 Å². The van der Waals surface area contributed by atoms with Gasteiger partial charge in [-0.1, -0.05) is 36.1 Å². The molecule has 0 atom stereocenters. The van der Waals surface area contributed by atoms with E-state index >= 15 is 0 Å². The van der Waals surface area contributed by atoms with Crippen LogP contribution in [-0.2, 0) is 18.3 Å². The summed E-state index contributed by atoms with van der Waals surface area (Å²) in [5.41, 5.74) is 2.20. The minimum absolute atomic E-state index is 0.103. The average Bonchev–Trinajstić information content (AvgIpc) is 3.45. The van der Waals surface area contributed by atoms with E-state index in [0.717, 1.165) is 48.6 Å². The van der Waals surface area contributed by atoms with E-state index in [-0.39, 0.29) is 17.0 Å². The molecule has 2 aliphatic heterocycles. The topological polar surface area (TPSA) is 78.6 Å². The summed E-state index contributed by atoms with van der Waals surface area (Å²) in [5.74, 6) is 1.39. The number of carbonyl (C=O) groups excluding carboxylic acids is 1. The third-order valence-electron chi connectivity index (χ3n) is 6.31. The number of hydrogen-bond donors (Lipinski definition) is 0. The Kier molecular flexibility index (Phi) is 7.10. The number of aromatic nitrogens is 1. The number of pyridine rings is 1. The van der Waals surface area contributed by atoms with E-state index in [0.29, 0.717) is 27.8 Å². The van der Waals surface area contributed by atoms with Gasteiger partial charge in [0.05, 0.1) is 12.0 Å². The number of carbonyl (C=O) groups is 1. The van der Waals surface area contributed by atoms with Crippen molar-refractivity contribution < 1.29 is 9.53 Å². The molecule has 0 spiro atoms. The highest BCUT2D eigenvalue weighted by molar-refractivity contribution is 8.26. The third-order valence-corrected chi connectivity index (χ3v) is 7.68. The van der Waals surface area contributed by atoms with Crippen LogP contribution in [0.25, 0.3) is 6.08 Å². The molecule has 0 unspecified atom stereocenters. The highest BCUT2D eigenvalue weighted by Gasteiger charge is 2.33. The Bertz CT molecular complexity index is 1270. The largest absolute Gasteiger partial charge is 0.497 e. The van der Waals surface area contributed by atoms with Gasteiger partial charge in [0.2, 0.25) is 0 Å². The van der Waals surface area contributed by atoms with Gasteiger partial charge >= 0.3 is 0 Å². The first kappa shape index (κ1) is 24.0. The van der Waals surface area contributed by atoms with Crippen molar-refractivity contribution in [3.8, 4) is 11.8 Å². The van der Waals surface area contributed by atoms with E-state index in [9.17, 15) is 14.9 Å². The number of hydrogen-bond acceptors (Lipinski definition) is 7. The van der Waals surface area contributed by atoms with Gasteiger partial charge in [-0.05, 0) is 55.5 Å². The Morgan fingerprint density at radius 3 is 2.50 bits per heavy atom. The molecule has 2 aromatic rings. The molecule has 7 nitrogen and oxygen atoms in total. The number of thiocarbonyl (C=S) groups is 1. The molecule has 1 amide bonds. The first-order chi connectivity index (χ1) is 16.3. The van der Waals surface area contributed by atoms with Gasteiger partial charge in [0, 0.05) is 32.2 Å².